The first kappa shape index (κ1) is 8.92. The summed E-state index contributed by atoms with van der Waals surface area (Å²) in [4.78, 5) is 2.43. The molecular formula is C7H19N2+. The van der Waals surface area contributed by atoms with E-state index in [1.807, 2.05) is 0 Å². The molecular weight excluding hydrogens is 112 g/mol. The van der Waals surface area contributed by atoms with Gasteiger partial charge in [-0.15, -0.1) is 0 Å². The second-order valence-electron chi connectivity index (χ2n) is 2.22. The van der Waals surface area contributed by atoms with Crippen molar-refractivity contribution in [1.82, 2.24) is 4.90 Å². The van der Waals surface area contributed by atoms with E-state index in [1.165, 1.54) is 26.2 Å². The van der Waals surface area contributed by atoms with E-state index in [0.717, 1.165) is 0 Å². The molecule has 0 aliphatic rings. The Balaban J connectivity index is 3.09. The van der Waals surface area contributed by atoms with Gasteiger partial charge in [0.05, 0.1) is 13.6 Å². The lowest BCUT2D eigenvalue weighted by Gasteiger charge is -2.15. The maximum atomic E-state index is 2.43. The molecule has 9 heavy (non-hydrogen) atoms. The Labute approximate surface area is 58.2 Å². The van der Waals surface area contributed by atoms with Crippen LogP contribution in [0.15, 0.2) is 0 Å². The van der Waals surface area contributed by atoms with Crippen LogP contribution in [0.3, 0.4) is 0 Å². The Morgan fingerprint density at radius 3 is 2.11 bits per heavy atom. The lowest BCUT2D eigenvalue weighted by atomic mass is 10.5. The van der Waals surface area contributed by atoms with Crippen molar-refractivity contribution >= 4 is 0 Å². The van der Waals surface area contributed by atoms with Crippen molar-refractivity contribution < 1.29 is 5.32 Å². The van der Waals surface area contributed by atoms with Gasteiger partial charge < -0.3 is 5.32 Å². The second kappa shape index (κ2) is 6.05. The van der Waals surface area contributed by atoms with E-state index < -0.39 is 0 Å². The van der Waals surface area contributed by atoms with Gasteiger partial charge in [-0.1, -0.05) is 13.8 Å². The van der Waals surface area contributed by atoms with Gasteiger partial charge in [0.2, 0.25) is 0 Å². The summed E-state index contributed by atoms with van der Waals surface area (Å²) in [5, 5.41) is 2.22. The van der Waals surface area contributed by atoms with E-state index in [-0.39, 0.29) is 0 Å². The average Bonchev–Trinajstić information content (AvgIpc) is 1.91. The topological polar surface area (TPSA) is 19.9 Å². The molecule has 0 aliphatic heterocycles. The van der Waals surface area contributed by atoms with Crippen molar-refractivity contribution in [2.45, 2.75) is 13.8 Å². The Bertz CT molecular complexity index is 50.9. The van der Waals surface area contributed by atoms with Gasteiger partial charge in [-0.05, 0) is 13.1 Å². The molecule has 0 amide bonds. The molecule has 0 spiro atoms. The highest BCUT2D eigenvalue weighted by molar-refractivity contribution is 4.47. The summed E-state index contributed by atoms with van der Waals surface area (Å²) in [6.45, 7) is 9.23. The molecule has 0 saturated heterocycles. The second-order valence-corrected chi connectivity index (χ2v) is 2.22. The van der Waals surface area contributed by atoms with Gasteiger partial charge in [0.15, 0.2) is 0 Å². The summed E-state index contributed by atoms with van der Waals surface area (Å²) < 4.78 is 0. The lowest BCUT2D eigenvalue weighted by molar-refractivity contribution is -0.626. The fraction of sp³-hybridized carbons (Fsp3) is 1.00. The van der Waals surface area contributed by atoms with Gasteiger partial charge >= 0.3 is 0 Å². The molecule has 0 bridgehead atoms. The van der Waals surface area contributed by atoms with Crippen molar-refractivity contribution in [3.63, 3.8) is 0 Å². The van der Waals surface area contributed by atoms with Crippen LogP contribution in [0.4, 0.5) is 0 Å². The monoisotopic (exact) mass is 131 g/mol. The van der Waals surface area contributed by atoms with Crippen LogP contribution in [-0.4, -0.2) is 38.1 Å². The molecule has 2 heteroatoms. The fourth-order valence-electron chi connectivity index (χ4n) is 0.852. The number of quaternary nitrogens is 1. The van der Waals surface area contributed by atoms with Crippen molar-refractivity contribution in [3.05, 3.63) is 0 Å². The minimum Gasteiger partial charge on any atom is -0.348 e. The molecule has 0 aliphatic carbocycles. The molecule has 0 aromatic heterocycles. The highest BCUT2D eigenvalue weighted by Gasteiger charge is 1.96. The van der Waals surface area contributed by atoms with E-state index in [1.54, 1.807) is 0 Å². The van der Waals surface area contributed by atoms with Gasteiger partial charge in [-0.2, -0.15) is 0 Å². The molecule has 0 fully saturated rings. The van der Waals surface area contributed by atoms with E-state index in [0.29, 0.717) is 0 Å². The SMILES string of the molecule is CCN(CC)CC[NH2+]C. The summed E-state index contributed by atoms with van der Waals surface area (Å²) in [6, 6.07) is 0. The maximum absolute atomic E-state index is 2.43. The Morgan fingerprint density at radius 1 is 1.22 bits per heavy atom. The highest BCUT2D eigenvalue weighted by Crippen LogP contribution is 1.81. The smallest absolute Gasteiger partial charge is 0.0882 e. The average molecular weight is 131 g/mol. The van der Waals surface area contributed by atoms with Crippen LogP contribution in [0, 0.1) is 0 Å². The van der Waals surface area contributed by atoms with Gasteiger partial charge in [0.1, 0.15) is 0 Å². The zero-order valence-electron chi connectivity index (χ0n) is 6.85. The number of hydrogen-bond acceptors (Lipinski definition) is 1. The zero-order valence-corrected chi connectivity index (χ0v) is 6.85. The first-order valence-corrected chi connectivity index (χ1v) is 3.85. The normalized spacial score (nSPS) is 10.7. The molecule has 0 saturated carbocycles. The van der Waals surface area contributed by atoms with Crippen molar-refractivity contribution in [3.8, 4) is 0 Å². The van der Waals surface area contributed by atoms with Gasteiger partial charge in [-0.25, -0.2) is 0 Å². The minimum absolute atomic E-state index is 1.18. The van der Waals surface area contributed by atoms with Crippen LogP contribution in [0.1, 0.15) is 13.8 Å². The summed E-state index contributed by atoms with van der Waals surface area (Å²) >= 11 is 0. The van der Waals surface area contributed by atoms with Crippen molar-refractivity contribution in [2.75, 3.05) is 33.2 Å². The quantitative estimate of drug-likeness (QED) is 0.534. The molecule has 56 valence electrons. The first-order valence-electron chi connectivity index (χ1n) is 3.85. The van der Waals surface area contributed by atoms with Crippen molar-refractivity contribution in [1.29, 1.82) is 0 Å². The number of nitrogens with two attached hydrogens (primary N) is 1. The molecule has 0 unspecified atom stereocenters. The van der Waals surface area contributed by atoms with Crippen LogP contribution in [0.5, 0.6) is 0 Å². The van der Waals surface area contributed by atoms with Gasteiger partial charge in [-0.3, -0.25) is 4.90 Å². The van der Waals surface area contributed by atoms with Gasteiger partial charge in [0, 0.05) is 6.54 Å². The molecule has 0 rings (SSSR count). The van der Waals surface area contributed by atoms with Crippen LogP contribution in [0.25, 0.3) is 0 Å². The molecule has 2 N–H and O–H groups in total. The van der Waals surface area contributed by atoms with E-state index in [9.17, 15) is 0 Å². The summed E-state index contributed by atoms with van der Waals surface area (Å²) in [5.41, 5.74) is 0. The third-order valence-electron chi connectivity index (χ3n) is 1.63. The number of nitrogens with zero attached hydrogens (tertiary/aromatic N) is 1. The third-order valence-corrected chi connectivity index (χ3v) is 1.63. The Morgan fingerprint density at radius 2 is 1.78 bits per heavy atom. The molecule has 0 aromatic rings. The summed E-state index contributed by atoms with van der Waals surface area (Å²) in [5.74, 6) is 0. The first-order chi connectivity index (χ1) is 4.35. The standard InChI is InChI=1S/C7H18N2/c1-4-9(5-2)7-6-8-3/h8H,4-7H2,1-3H3/p+1. The molecule has 0 aromatic carbocycles. The predicted molar refractivity (Wildman–Crippen MR) is 40.5 cm³/mol. The van der Waals surface area contributed by atoms with Crippen LogP contribution < -0.4 is 5.32 Å². The Hall–Kier alpha value is -0.0800. The molecule has 0 radical (unpaired) electrons. The van der Waals surface area contributed by atoms with Crippen LogP contribution in [-0.2, 0) is 0 Å². The highest BCUT2D eigenvalue weighted by atomic mass is 15.1. The largest absolute Gasteiger partial charge is 0.348 e. The van der Waals surface area contributed by atoms with Gasteiger partial charge in [0.25, 0.3) is 0 Å². The third kappa shape index (κ3) is 4.43. The van der Waals surface area contributed by atoms with E-state index in [4.69, 9.17) is 0 Å². The zero-order chi connectivity index (χ0) is 7.11. The van der Waals surface area contributed by atoms with Crippen LogP contribution >= 0.6 is 0 Å². The molecule has 0 heterocycles. The molecule has 2 nitrogen and oxygen atoms in total. The molecule has 0 atom stereocenters. The predicted octanol–water partition coefficient (Wildman–Crippen LogP) is -0.479. The van der Waals surface area contributed by atoms with Crippen LogP contribution in [0.2, 0.25) is 0 Å². The fourth-order valence-corrected chi connectivity index (χ4v) is 0.852. The number of rotatable bonds is 5. The number of hydrogen-bond donors (Lipinski definition) is 1. The van der Waals surface area contributed by atoms with E-state index in [2.05, 4.69) is 31.1 Å². The van der Waals surface area contributed by atoms with E-state index >= 15 is 0 Å². The van der Waals surface area contributed by atoms with Crippen molar-refractivity contribution in [2.24, 2.45) is 0 Å². The minimum atomic E-state index is 1.18. The number of likely N-dealkylation sites (N-methyl/N-ethyl adjacent to an activating group) is 2. The summed E-state index contributed by atoms with van der Waals surface area (Å²) in [6.07, 6.45) is 0. The summed E-state index contributed by atoms with van der Waals surface area (Å²) in [7, 11) is 2.11. The lowest BCUT2D eigenvalue weighted by Crippen LogP contribution is -2.81. The Kier molecular flexibility index (Phi) is 5.99. The maximum Gasteiger partial charge on any atom is 0.0882 e.